The number of nitrogens with zero attached hydrogens (tertiary/aromatic N) is 7. The van der Waals surface area contributed by atoms with E-state index in [0.717, 1.165) is 23.1 Å². The summed E-state index contributed by atoms with van der Waals surface area (Å²) in [4.78, 5) is 30.4. The Labute approximate surface area is 357 Å². The molecule has 0 saturated carbocycles. The van der Waals surface area contributed by atoms with Crippen LogP contribution in [-0.2, 0) is 24.2 Å². The van der Waals surface area contributed by atoms with Gasteiger partial charge in [-0.1, -0.05) is 13.3 Å². The van der Waals surface area contributed by atoms with Gasteiger partial charge in [-0.25, -0.2) is 14.3 Å². The van der Waals surface area contributed by atoms with E-state index >= 15 is 0 Å². The molecule has 0 spiro atoms. The Bertz CT molecular complexity index is 2150. The molecule has 61 heavy (non-hydrogen) atoms. The summed E-state index contributed by atoms with van der Waals surface area (Å²) in [5, 5.41) is 14.8. The molecular weight excluding hydrogens is 787 g/mol. The molecule has 0 aliphatic rings. The highest BCUT2D eigenvalue weighted by Gasteiger charge is 2.25. The van der Waals surface area contributed by atoms with Crippen LogP contribution in [-0.4, -0.2) is 115 Å². The topological polar surface area (TPSA) is 174 Å². The zero-order valence-electron chi connectivity index (χ0n) is 36.9. The number of fused-ring (bicyclic) bond motifs is 1. The maximum atomic E-state index is 12.4. The van der Waals surface area contributed by atoms with E-state index in [1.165, 1.54) is 4.90 Å². The van der Waals surface area contributed by atoms with Gasteiger partial charge >= 0.3 is 12.1 Å². The zero-order chi connectivity index (χ0) is 44.1. The fourth-order valence-electron chi connectivity index (χ4n) is 6.49. The van der Waals surface area contributed by atoms with E-state index in [4.69, 9.17) is 53.0 Å². The molecule has 0 fully saturated rings. The molecule has 1 N–H and O–H groups in total. The summed E-state index contributed by atoms with van der Waals surface area (Å²) < 4.78 is 47.9. The number of aromatic nitrogens is 5. The van der Waals surface area contributed by atoms with Crippen LogP contribution in [0.2, 0.25) is 0 Å². The van der Waals surface area contributed by atoms with Gasteiger partial charge in [-0.3, -0.25) is 0 Å². The monoisotopic (exact) mass is 845 g/mol. The average Bonchev–Trinajstić information content (AvgIpc) is 3.65. The van der Waals surface area contributed by atoms with Crippen LogP contribution < -0.4 is 38.1 Å². The normalized spacial score (nSPS) is 11.8. The molecular formula is C44H59N7O10. The van der Waals surface area contributed by atoms with Gasteiger partial charge in [0.15, 0.2) is 11.5 Å². The smallest absolute Gasteiger partial charge is 0.410 e. The number of rotatable bonds is 22. The molecule has 17 heteroatoms. The summed E-state index contributed by atoms with van der Waals surface area (Å²) in [5.74, 6) is 3.74. The molecule has 0 aliphatic carbocycles. The van der Waals surface area contributed by atoms with Crippen LogP contribution in [0.15, 0.2) is 54.7 Å². The number of benzene rings is 2. The van der Waals surface area contributed by atoms with Gasteiger partial charge in [-0.15, -0.1) is 5.10 Å². The fraction of sp³-hybridized carbons (Fsp3) is 0.477. The number of imidazole rings is 1. The summed E-state index contributed by atoms with van der Waals surface area (Å²) in [7, 11) is 9.65. The van der Waals surface area contributed by atoms with Gasteiger partial charge < -0.3 is 52.8 Å². The van der Waals surface area contributed by atoms with E-state index in [0.29, 0.717) is 90.8 Å². The Morgan fingerprint density at radius 3 is 2.03 bits per heavy atom. The lowest BCUT2D eigenvalue weighted by molar-refractivity contribution is 0.0277. The SMILES string of the molecule is CCCC(CCO)Oc1nc(N(Cc2ccc(OC)cc2OC)Cc2ccc(OC)cc2OC)c2ncc(Cc3ccc(OCCN(C)C(=O)OC(C)(C)C)nc3OC)n2n1. The number of aliphatic hydroxyl groups excluding tert-OH is 1. The number of hydrogen-bond donors (Lipinski definition) is 1. The standard InChI is InChI=1S/C44H59N7O10/c1-11-12-33(19-21-52)60-42-47-40(50(27-30-13-16-34(54-6)24-36(30)56-8)28-31-14-17-35(55-7)25-37(31)57-9)39-45-26-32(51(39)48-42)23-29-15-18-38(46-41(29)58-10)59-22-20-49(5)43(53)61-44(2,3)4/h13-18,24-26,33,52H,11-12,19-23,27-28H2,1-10H3. The third-order valence-corrected chi connectivity index (χ3v) is 9.60. The maximum Gasteiger partial charge on any atom is 0.410 e. The molecule has 1 amide bonds. The van der Waals surface area contributed by atoms with E-state index in [1.54, 1.807) is 59.4 Å². The number of amides is 1. The summed E-state index contributed by atoms with van der Waals surface area (Å²) in [5.41, 5.74) is 3.04. The lowest BCUT2D eigenvalue weighted by Crippen LogP contribution is -2.36. The highest BCUT2D eigenvalue weighted by atomic mass is 16.6. The molecule has 2 aromatic carbocycles. The molecule has 0 radical (unpaired) electrons. The van der Waals surface area contributed by atoms with Crippen LogP contribution in [0.1, 0.15) is 69.3 Å². The van der Waals surface area contributed by atoms with Crippen LogP contribution in [0.3, 0.4) is 0 Å². The minimum Gasteiger partial charge on any atom is -0.497 e. The fourth-order valence-corrected chi connectivity index (χ4v) is 6.49. The van der Waals surface area contributed by atoms with Gasteiger partial charge in [0.1, 0.15) is 41.3 Å². The number of likely N-dealkylation sites (N-methyl/N-ethyl adjacent to an activating group) is 1. The molecule has 0 saturated heterocycles. The molecule has 0 bridgehead atoms. The van der Waals surface area contributed by atoms with Crippen LogP contribution in [0.5, 0.6) is 40.8 Å². The van der Waals surface area contributed by atoms with Crippen molar-refractivity contribution in [2.45, 2.75) is 78.2 Å². The second-order valence-electron chi connectivity index (χ2n) is 15.2. The largest absolute Gasteiger partial charge is 0.497 e. The first-order valence-corrected chi connectivity index (χ1v) is 20.1. The van der Waals surface area contributed by atoms with Crippen LogP contribution >= 0.6 is 0 Å². The summed E-state index contributed by atoms with van der Waals surface area (Å²) in [6.07, 6.45) is 3.23. The van der Waals surface area contributed by atoms with Gasteiger partial charge in [0.05, 0.1) is 54.0 Å². The zero-order valence-corrected chi connectivity index (χ0v) is 36.9. The number of anilines is 1. The van der Waals surface area contributed by atoms with Gasteiger partial charge in [0.25, 0.3) is 0 Å². The Morgan fingerprint density at radius 2 is 1.48 bits per heavy atom. The molecule has 1 unspecified atom stereocenters. The van der Waals surface area contributed by atoms with Crippen molar-refractivity contribution in [2.75, 3.05) is 67.3 Å². The van der Waals surface area contributed by atoms with E-state index in [-0.39, 0.29) is 25.3 Å². The van der Waals surface area contributed by atoms with Crippen molar-refractivity contribution in [3.05, 3.63) is 77.1 Å². The van der Waals surface area contributed by atoms with Gasteiger partial charge in [0.2, 0.25) is 11.8 Å². The van der Waals surface area contributed by atoms with Crippen LogP contribution in [0.25, 0.3) is 5.65 Å². The van der Waals surface area contributed by atoms with E-state index in [2.05, 4.69) is 16.8 Å². The number of hydrogen-bond acceptors (Lipinski definition) is 15. The first-order valence-electron chi connectivity index (χ1n) is 20.1. The van der Waals surface area contributed by atoms with Crippen molar-refractivity contribution in [3.63, 3.8) is 0 Å². The maximum absolute atomic E-state index is 12.4. The number of carbonyl (C=O) groups is 1. The molecule has 330 valence electrons. The average molecular weight is 846 g/mol. The van der Waals surface area contributed by atoms with Crippen molar-refractivity contribution >= 4 is 17.6 Å². The van der Waals surface area contributed by atoms with Crippen molar-refractivity contribution < 1.29 is 47.8 Å². The van der Waals surface area contributed by atoms with E-state index < -0.39 is 11.7 Å². The van der Waals surface area contributed by atoms with Gasteiger partial charge in [-0.05, 0) is 57.5 Å². The number of aliphatic hydroxyl groups is 1. The molecule has 3 aromatic heterocycles. The summed E-state index contributed by atoms with van der Waals surface area (Å²) in [6, 6.07) is 15.1. The Hall–Kier alpha value is -6.23. The lowest BCUT2D eigenvalue weighted by atomic mass is 10.1. The molecule has 0 aliphatic heterocycles. The van der Waals surface area contributed by atoms with Gasteiger partial charge in [-0.2, -0.15) is 9.97 Å². The Morgan fingerprint density at radius 1 is 0.836 bits per heavy atom. The third-order valence-electron chi connectivity index (χ3n) is 9.60. The highest BCUT2D eigenvalue weighted by molar-refractivity contribution is 5.68. The number of pyridine rings is 1. The number of ether oxygens (including phenoxy) is 8. The van der Waals surface area contributed by atoms with Crippen LogP contribution in [0.4, 0.5) is 10.6 Å². The quantitative estimate of drug-likeness (QED) is 0.0796. The predicted octanol–water partition coefficient (Wildman–Crippen LogP) is 6.54. The first kappa shape index (κ1) is 45.8. The first-order chi connectivity index (χ1) is 29.3. The van der Waals surface area contributed by atoms with Gasteiger partial charge in [0, 0.05) is 74.5 Å². The molecule has 17 nitrogen and oxygen atoms in total. The predicted molar refractivity (Wildman–Crippen MR) is 229 cm³/mol. The van der Waals surface area contributed by atoms with Crippen molar-refractivity contribution in [1.82, 2.24) is 29.5 Å². The summed E-state index contributed by atoms with van der Waals surface area (Å²) in [6.45, 7) is 8.61. The van der Waals surface area contributed by atoms with E-state index in [9.17, 15) is 9.90 Å². The molecule has 5 aromatic rings. The molecule has 3 heterocycles. The second-order valence-corrected chi connectivity index (χ2v) is 15.2. The van der Waals surface area contributed by atoms with E-state index in [1.807, 2.05) is 63.2 Å². The minimum atomic E-state index is -0.604. The number of carbonyl (C=O) groups excluding carboxylic acids is 1. The lowest BCUT2D eigenvalue weighted by Gasteiger charge is -2.27. The second kappa shape index (κ2) is 21.3. The highest BCUT2D eigenvalue weighted by Crippen LogP contribution is 2.34. The molecule has 5 rings (SSSR count). The Kier molecular flexibility index (Phi) is 16.0. The molecule has 1 atom stereocenters. The van der Waals surface area contributed by atoms with Crippen molar-refractivity contribution in [3.8, 4) is 40.8 Å². The Balaban J connectivity index is 1.55. The van der Waals surface area contributed by atoms with Crippen LogP contribution in [0, 0.1) is 0 Å². The third kappa shape index (κ3) is 12.2. The van der Waals surface area contributed by atoms with Crippen molar-refractivity contribution in [2.24, 2.45) is 0 Å². The number of methoxy groups -OCH3 is 5. The summed E-state index contributed by atoms with van der Waals surface area (Å²) >= 11 is 0. The minimum absolute atomic E-state index is 0.0519. The van der Waals surface area contributed by atoms with Crippen molar-refractivity contribution in [1.29, 1.82) is 0 Å².